The molecule has 4 rings (SSSR count). The van der Waals surface area contributed by atoms with Gasteiger partial charge in [-0.2, -0.15) is 0 Å². The summed E-state index contributed by atoms with van der Waals surface area (Å²) in [4.78, 5) is 0. The third kappa shape index (κ3) is 4.53. The molecule has 0 heterocycles. The first-order chi connectivity index (χ1) is 14.7. The van der Waals surface area contributed by atoms with Crippen LogP contribution >= 0.6 is 0 Å². The second-order valence-electron chi connectivity index (χ2n) is 6.65. The highest BCUT2D eigenvalue weighted by Gasteiger charge is 2.11. The van der Waals surface area contributed by atoms with Gasteiger partial charge in [0.25, 0.3) is 0 Å². The zero-order valence-corrected chi connectivity index (χ0v) is 16.1. The van der Waals surface area contributed by atoms with Crippen molar-refractivity contribution in [1.82, 2.24) is 0 Å². The molecule has 0 spiro atoms. The van der Waals surface area contributed by atoms with Gasteiger partial charge in [0.15, 0.2) is 11.5 Å². The lowest BCUT2D eigenvalue weighted by atomic mass is 9.94. The fraction of sp³-hybridized carbons (Fsp3) is 0. The van der Waals surface area contributed by atoms with Crippen LogP contribution in [-0.2, 0) is 10.2 Å². The summed E-state index contributed by atoms with van der Waals surface area (Å²) in [6, 6.07) is 28.6. The maximum Gasteiger partial charge on any atom is 0.179 e. The van der Waals surface area contributed by atoms with Crippen molar-refractivity contribution in [3.63, 3.8) is 0 Å². The Bertz CT molecular complexity index is 1190. The fourth-order valence-corrected chi connectivity index (χ4v) is 3.03. The number of benzene rings is 4. The van der Waals surface area contributed by atoms with Crippen LogP contribution in [0.2, 0.25) is 0 Å². The van der Waals surface area contributed by atoms with Crippen molar-refractivity contribution < 1.29 is 10.2 Å². The molecule has 0 saturated heterocycles. The average molecular weight is 384 g/mol. The van der Waals surface area contributed by atoms with Crippen molar-refractivity contribution in [2.75, 3.05) is 0 Å². The lowest BCUT2D eigenvalue weighted by molar-refractivity contribution is 0.354. The van der Waals surface area contributed by atoms with Crippen LogP contribution in [-0.4, -0.2) is 0 Å². The summed E-state index contributed by atoms with van der Waals surface area (Å²) in [5.41, 5.74) is 4.31. The van der Waals surface area contributed by atoms with Crippen molar-refractivity contribution >= 4 is 0 Å². The maximum absolute atomic E-state index is 12.1. The molecule has 0 aliphatic rings. The van der Waals surface area contributed by atoms with E-state index < -0.39 is 0 Å². The zero-order valence-electron chi connectivity index (χ0n) is 16.1. The first-order valence-corrected chi connectivity index (χ1v) is 9.46. The molecule has 0 aliphatic heterocycles. The summed E-state index contributed by atoms with van der Waals surface area (Å²) in [7, 11) is 0. The Morgan fingerprint density at radius 2 is 0.833 bits per heavy atom. The topological polar surface area (TPSA) is 39.8 Å². The zero-order chi connectivity index (χ0) is 20.8. The molecule has 0 fully saturated rings. The predicted octanol–water partition coefficient (Wildman–Crippen LogP) is 6.44. The highest BCUT2D eigenvalue weighted by Crippen LogP contribution is 2.32. The van der Waals surface area contributed by atoms with Gasteiger partial charge < -0.3 is 0 Å². The largest absolute Gasteiger partial charge is 0.290 e. The normalized spacial score (nSPS) is 9.73. The minimum Gasteiger partial charge on any atom is -0.290 e. The van der Waals surface area contributed by atoms with Crippen molar-refractivity contribution in [2.45, 2.75) is 0 Å². The van der Waals surface area contributed by atoms with E-state index in [-0.39, 0.29) is 11.5 Å². The summed E-state index contributed by atoms with van der Waals surface area (Å²) in [6.45, 7) is 0. The molecule has 30 heavy (non-hydrogen) atoms. The number of hydrogen-bond acceptors (Lipinski definition) is 0. The molecule has 2 heteroatoms. The van der Waals surface area contributed by atoms with Gasteiger partial charge in [0, 0.05) is 33.4 Å². The van der Waals surface area contributed by atoms with Gasteiger partial charge in [-0.15, -0.1) is 0 Å². The van der Waals surface area contributed by atoms with E-state index in [0.29, 0.717) is 22.3 Å². The molecule has 0 bridgehead atoms. The first-order valence-electron chi connectivity index (χ1n) is 9.46. The Morgan fingerprint density at radius 3 is 1.23 bits per heavy atom. The van der Waals surface area contributed by atoms with E-state index >= 15 is 0 Å². The molecule has 4 aromatic carbocycles. The summed E-state index contributed by atoms with van der Waals surface area (Å²) >= 11 is 0. The molecule has 0 aliphatic carbocycles. The fourth-order valence-electron chi connectivity index (χ4n) is 3.03. The molecule has 0 amide bonds. The molecule has 2 radical (unpaired) electrons. The van der Waals surface area contributed by atoms with Crippen molar-refractivity contribution in [2.24, 2.45) is 0 Å². The minimum atomic E-state index is -0.145. The Hall–Kier alpha value is -4.40. The Balaban J connectivity index is 1.83. The number of rotatable bonds is 1. The van der Waals surface area contributed by atoms with Gasteiger partial charge in [0.2, 0.25) is 0 Å². The Kier molecular flexibility index (Phi) is 5.52. The first kappa shape index (κ1) is 18.9. The van der Waals surface area contributed by atoms with Crippen LogP contribution in [0.5, 0.6) is 11.5 Å². The molecule has 4 aromatic rings. The standard InChI is InChI=1S/C28H16O2/c29-25-17-15-23(13-11-21-7-3-1-4-8-21)27(19-25)28-20-26(30)18-16-24(28)14-12-22-9-5-2-6-10-22/h1-10,15-20H. The molecule has 0 saturated carbocycles. The van der Waals surface area contributed by atoms with Crippen LogP contribution < -0.4 is 0 Å². The molecule has 0 N–H and O–H groups in total. The Labute approximate surface area is 176 Å². The van der Waals surface area contributed by atoms with E-state index in [1.807, 2.05) is 60.7 Å². The average Bonchev–Trinajstić information content (AvgIpc) is 2.79. The molecule has 0 atom stereocenters. The lowest BCUT2D eigenvalue weighted by Gasteiger charge is -2.08. The third-order valence-electron chi connectivity index (χ3n) is 4.50. The minimum absolute atomic E-state index is 0.145. The van der Waals surface area contributed by atoms with Gasteiger partial charge in [-0.3, -0.25) is 10.2 Å². The quantitative estimate of drug-likeness (QED) is 0.339. The van der Waals surface area contributed by atoms with Crippen LogP contribution in [0.25, 0.3) is 11.1 Å². The monoisotopic (exact) mass is 384 g/mol. The maximum atomic E-state index is 12.1. The van der Waals surface area contributed by atoms with Crippen LogP contribution in [0.1, 0.15) is 22.3 Å². The summed E-state index contributed by atoms with van der Waals surface area (Å²) in [5.74, 6) is 12.2. The molecule has 0 aromatic heterocycles. The van der Waals surface area contributed by atoms with Gasteiger partial charge in [-0.1, -0.05) is 60.1 Å². The second-order valence-corrected chi connectivity index (χ2v) is 6.65. The van der Waals surface area contributed by atoms with Crippen molar-refractivity contribution in [3.8, 4) is 46.3 Å². The van der Waals surface area contributed by atoms with E-state index in [4.69, 9.17) is 0 Å². The van der Waals surface area contributed by atoms with E-state index in [1.54, 1.807) is 12.1 Å². The van der Waals surface area contributed by atoms with E-state index in [2.05, 4.69) is 23.7 Å². The van der Waals surface area contributed by atoms with E-state index in [9.17, 15) is 10.2 Å². The third-order valence-corrected chi connectivity index (χ3v) is 4.50. The molecule has 0 unspecified atom stereocenters. The van der Waals surface area contributed by atoms with Gasteiger partial charge in [-0.05, 0) is 60.7 Å². The molecule has 140 valence electrons. The predicted molar refractivity (Wildman–Crippen MR) is 117 cm³/mol. The summed E-state index contributed by atoms with van der Waals surface area (Å²) < 4.78 is 0. The van der Waals surface area contributed by atoms with Gasteiger partial charge in [-0.25, -0.2) is 0 Å². The van der Waals surface area contributed by atoms with Gasteiger partial charge in [0.05, 0.1) is 0 Å². The van der Waals surface area contributed by atoms with Crippen LogP contribution in [0.4, 0.5) is 0 Å². The molecular weight excluding hydrogens is 368 g/mol. The van der Waals surface area contributed by atoms with E-state index in [0.717, 1.165) is 11.1 Å². The number of hydrogen-bond donors (Lipinski definition) is 0. The highest BCUT2D eigenvalue weighted by atomic mass is 16.3. The highest BCUT2D eigenvalue weighted by molar-refractivity contribution is 5.79. The van der Waals surface area contributed by atoms with Crippen LogP contribution in [0.3, 0.4) is 0 Å². The van der Waals surface area contributed by atoms with Gasteiger partial charge in [0.1, 0.15) is 0 Å². The molecule has 2 nitrogen and oxygen atoms in total. The lowest BCUT2D eigenvalue weighted by Crippen LogP contribution is -1.89. The van der Waals surface area contributed by atoms with Crippen molar-refractivity contribution in [1.29, 1.82) is 0 Å². The van der Waals surface area contributed by atoms with Crippen molar-refractivity contribution in [3.05, 3.63) is 119 Å². The van der Waals surface area contributed by atoms with Crippen LogP contribution in [0, 0.1) is 23.7 Å². The van der Waals surface area contributed by atoms with E-state index in [1.165, 1.54) is 24.3 Å². The smallest absolute Gasteiger partial charge is 0.179 e. The summed E-state index contributed by atoms with van der Waals surface area (Å²) in [6.07, 6.45) is 0. The van der Waals surface area contributed by atoms with Gasteiger partial charge >= 0.3 is 0 Å². The van der Waals surface area contributed by atoms with Crippen LogP contribution in [0.15, 0.2) is 97.1 Å². The SMILES string of the molecule is [O]c1ccc(C#Cc2ccccc2)c(-c2cc([O])ccc2C#Cc2ccccc2)c1. The summed E-state index contributed by atoms with van der Waals surface area (Å²) in [5, 5.41) is 24.2. The molecular formula is C28H16O2. The Morgan fingerprint density at radius 1 is 0.433 bits per heavy atom. The second kappa shape index (κ2) is 8.74.